The van der Waals surface area contributed by atoms with Crippen molar-refractivity contribution in [1.82, 2.24) is 14.9 Å². The molecule has 2 fully saturated rings. The second-order valence-corrected chi connectivity index (χ2v) is 9.28. The zero-order valence-corrected chi connectivity index (χ0v) is 18.5. The number of hydrogen-bond acceptors (Lipinski definition) is 6. The number of aromatic nitrogens is 2. The molecule has 1 aliphatic heterocycles. The summed E-state index contributed by atoms with van der Waals surface area (Å²) in [5, 5.41) is 6.61. The first-order valence-corrected chi connectivity index (χ1v) is 11.3. The molecule has 0 amide bonds. The highest BCUT2D eigenvalue weighted by molar-refractivity contribution is 5.64. The van der Waals surface area contributed by atoms with E-state index in [9.17, 15) is 4.39 Å². The van der Waals surface area contributed by atoms with E-state index in [1.54, 1.807) is 0 Å². The summed E-state index contributed by atoms with van der Waals surface area (Å²) in [5.74, 6) is 1.79. The van der Waals surface area contributed by atoms with E-state index < -0.39 is 5.82 Å². The number of likely N-dealkylation sites (N-methyl/N-ethyl adjacent to an activating group) is 1. The van der Waals surface area contributed by atoms with Crippen LogP contribution in [0.3, 0.4) is 0 Å². The van der Waals surface area contributed by atoms with Gasteiger partial charge in [-0.3, -0.25) is 0 Å². The number of fused-ring (bicyclic) bond motifs is 2. The van der Waals surface area contributed by atoms with Gasteiger partial charge < -0.3 is 20.4 Å². The minimum absolute atomic E-state index is 0.220. The van der Waals surface area contributed by atoms with Crippen LogP contribution in [0.5, 0.6) is 0 Å². The normalized spacial score (nSPS) is 27.7. The van der Waals surface area contributed by atoms with Crippen molar-refractivity contribution >= 4 is 23.1 Å². The van der Waals surface area contributed by atoms with E-state index in [1.807, 2.05) is 6.07 Å². The molecule has 7 heteroatoms. The van der Waals surface area contributed by atoms with Crippen LogP contribution >= 0.6 is 0 Å². The third kappa shape index (κ3) is 3.99. The lowest BCUT2D eigenvalue weighted by molar-refractivity contribution is 0.312. The van der Waals surface area contributed by atoms with Crippen molar-refractivity contribution in [1.29, 1.82) is 0 Å². The van der Waals surface area contributed by atoms with Gasteiger partial charge in [0, 0.05) is 43.6 Å². The summed E-state index contributed by atoms with van der Waals surface area (Å²) in [6.45, 7) is 8.59. The molecule has 0 spiro atoms. The molecule has 3 aliphatic rings. The van der Waals surface area contributed by atoms with E-state index in [0.29, 0.717) is 23.7 Å². The van der Waals surface area contributed by atoms with E-state index in [4.69, 9.17) is 0 Å². The Bertz CT molecular complexity index is 984. The summed E-state index contributed by atoms with van der Waals surface area (Å²) < 4.78 is 14.4. The first-order chi connectivity index (χ1) is 15.0. The van der Waals surface area contributed by atoms with Gasteiger partial charge in [-0.2, -0.15) is 4.98 Å². The van der Waals surface area contributed by atoms with Crippen molar-refractivity contribution in [3.8, 4) is 0 Å². The summed E-state index contributed by atoms with van der Waals surface area (Å²) in [6.07, 6.45) is 6.95. The molecule has 164 valence electrons. The maximum Gasteiger partial charge on any atom is 0.229 e. The first kappa shape index (κ1) is 20.2. The van der Waals surface area contributed by atoms with Gasteiger partial charge in [-0.25, -0.2) is 9.37 Å². The fourth-order valence-corrected chi connectivity index (χ4v) is 5.26. The first-order valence-electron chi connectivity index (χ1n) is 11.3. The molecule has 2 bridgehead atoms. The molecule has 2 heterocycles. The van der Waals surface area contributed by atoms with E-state index in [2.05, 4.69) is 75.6 Å². The highest BCUT2D eigenvalue weighted by atomic mass is 19.1. The number of rotatable bonds is 5. The van der Waals surface area contributed by atoms with Crippen LogP contribution in [0, 0.1) is 30.5 Å². The minimum atomic E-state index is -0.411. The van der Waals surface area contributed by atoms with Crippen LogP contribution < -0.4 is 15.5 Å². The Kier molecular flexibility index (Phi) is 5.30. The predicted molar refractivity (Wildman–Crippen MR) is 123 cm³/mol. The fraction of sp³-hybridized carbons (Fsp3) is 0.500. The van der Waals surface area contributed by atoms with Crippen LogP contribution in [0.15, 0.2) is 36.5 Å². The van der Waals surface area contributed by atoms with Crippen LogP contribution in [0.25, 0.3) is 0 Å². The summed E-state index contributed by atoms with van der Waals surface area (Å²) in [6, 6.07) is 6.52. The molecular formula is C24H31FN6. The van der Waals surface area contributed by atoms with Gasteiger partial charge >= 0.3 is 0 Å². The number of anilines is 4. The molecule has 2 N–H and O–H groups in total. The van der Waals surface area contributed by atoms with Crippen LogP contribution in [-0.2, 0) is 0 Å². The standard InChI is InChI=1S/C24H31FN6/c1-15-12-19(6-7-21(15)31-10-8-30(3)9-11-31)27-24-26-14-20(25)23(29-24)28-22-16(2)17-4-5-18(22)13-17/h4-7,12,14,16-18,22H,8-11,13H2,1-3H3,(H2,26,27,28,29)/t16-,17+,18-,22-/m1/s1. The average Bonchev–Trinajstić information content (AvgIpc) is 3.34. The largest absolute Gasteiger partial charge is 0.369 e. The molecule has 4 atom stereocenters. The quantitative estimate of drug-likeness (QED) is 0.710. The molecule has 31 heavy (non-hydrogen) atoms. The SMILES string of the molecule is Cc1cc(Nc2ncc(F)c(N[C@@H]3[C@H](C)[C@H]4C=C[C@@H]3C4)n2)ccc1N1CCN(C)CC1. The number of aryl methyl sites for hydroxylation is 1. The van der Waals surface area contributed by atoms with Crippen molar-refractivity contribution in [3.05, 3.63) is 47.9 Å². The van der Waals surface area contributed by atoms with Crippen molar-refractivity contribution in [2.45, 2.75) is 26.3 Å². The van der Waals surface area contributed by atoms with Crippen molar-refractivity contribution in [2.75, 3.05) is 48.8 Å². The van der Waals surface area contributed by atoms with Crippen LogP contribution in [0.2, 0.25) is 0 Å². The van der Waals surface area contributed by atoms with E-state index in [0.717, 1.165) is 38.3 Å². The smallest absolute Gasteiger partial charge is 0.229 e. The summed E-state index contributed by atoms with van der Waals surface area (Å²) in [7, 11) is 2.16. The maximum absolute atomic E-state index is 14.4. The van der Waals surface area contributed by atoms with E-state index in [-0.39, 0.29) is 11.9 Å². The zero-order chi connectivity index (χ0) is 21.5. The van der Waals surface area contributed by atoms with Gasteiger partial charge in [0.1, 0.15) is 0 Å². The summed E-state index contributed by atoms with van der Waals surface area (Å²) in [5.41, 5.74) is 3.38. The Morgan fingerprint density at radius 3 is 2.58 bits per heavy atom. The number of piperazine rings is 1. The van der Waals surface area contributed by atoms with E-state index >= 15 is 0 Å². The average molecular weight is 423 g/mol. The molecular weight excluding hydrogens is 391 g/mol. The Hall–Kier alpha value is -2.67. The second kappa shape index (κ2) is 8.11. The Morgan fingerprint density at radius 2 is 1.87 bits per heavy atom. The number of nitrogens with zero attached hydrogens (tertiary/aromatic N) is 4. The molecule has 1 aromatic heterocycles. The zero-order valence-electron chi connectivity index (χ0n) is 18.5. The van der Waals surface area contributed by atoms with Gasteiger partial charge in [0.15, 0.2) is 11.6 Å². The number of allylic oxidation sites excluding steroid dienone is 1. The van der Waals surface area contributed by atoms with Crippen LogP contribution in [0.4, 0.5) is 27.5 Å². The van der Waals surface area contributed by atoms with Crippen LogP contribution in [0.1, 0.15) is 18.9 Å². The number of halogens is 1. The van der Waals surface area contributed by atoms with Gasteiger partial charge in [-0.1, -0.05) is 19.1 Å². The van der Waals surface area contributed by atoms with Gasteiger partial charge in [-0.05, 0) is 61.9 Å². The highest BCUT2D eigenvalue weighted by Gasteiger charge is 2.42. The summed E-state index contributed by atoms with van der Waals surface area (Å²) in [4.78, 5) is 13.4. The molecule has 2 aromatic rings. The number of benzene rings is 1. The lowest BCUT2D eigenvalue weighted by Gasteiger charge is -2.35. The molecule has 6 nitrogen and oxygen atoms in total. The third-order valence-electron chi connectivity index (χ3n) is 7.20. The third-order valence-corrected chi connectivity index (χ3v) is 7.20. The molecule has 1 aromatic carbocycles. The molecule has 5 rings (SSSR count). The van der Waals surface area contributed by atoms with Gasteiger partial charge in [0.05, 0.1) is 6.20 Å². The van der Waals surface area contributed by atoms with E-state index in [1.165, 1.54) is 17.4 Å². The molecule has 1 saturated carbocycles. The van der Waals surface area contributed by atoms with Crippen LogP contribution in [-0.4, -0.2) is 54.1 Å². The molecule has 0 radical (unpaired) electrons. The monoisotopic (exact) mass is 422 g/mol. The Labute approximate surface area is 183 Å². The van der Waals surface area contributed by atoms with Gasteiger partial charge in [0.25, 0.3) is 0 Å². The Morgan fingerprint density at radius 1 is 1.10 bits per heavy atom. The highest BCUT2D eigenvalue weighted by Crippen LogP contribution is 2.44. The van der Waals surface area contributed by atoms with Crippen molar-refractivity contribution < 1.29 is 4.39 Å². The topological polar surface area (TPSA) is 56.3 Å². The molecule has 1 saturated heterocycles. The second-order valence-electron chi connectivity index (χ2n) is 9.28. The van der Waals surface area contributed by atoms with Crippen molar-refractivity contribution in [2.24, 2.45) is 17.8 Å². The lowest BCUT2D eigenvalue weighted by Crippen LogP contribution is -2.44. The van der Waals surface area contributed by atoms with Crippen molar-refractivity contribution in [3.63, 3.8) is 0 Å². The number of nitrogens with one attached hydrogen (secondary N) is 2. The Balaban J connectivity index is 1.29. The molecule has 0 unspecified atom stereocenters. The maximum atomic E-state index is 14.4. The predicted octanol–water partition coefficient (Wildman–Crippen LogP) is 4.04. The minimum Gasteiger partial charge on any atom is -0.369 e. The summed E-state index contributed by atoms with van der Waals surface area (Å²) >= 11 is 0. The fourth-order valence-electron chi connectivity index (χ4n) is 5.26. The number of hydrogen-bond donors (Lipinski definition) is 2. The van der Waals surface area contributed by atoms with Gasteiger partial charge in [-0.15, -0.1) is 0 Å². The molecule has 2 aliphatic carbocycles. The van der Waals surface area contributed by atoms with Gasteiger partial charge in [0.2, 0.25) is 5.95 Å². The lowest BCUT2D eigenvalue weighted by atomic mass is 9.91.